The second-order valence-corrected chi connectivity index (χ2v) is 5.94. The van der Waals surface area contributed by atoms with Gasteiger partial charge in [-0.1, -0.05) is 45.0 Å². The molecule has 3 nitrogen and oxygen atoms in total. The van der Waals surface area contributed by atoms with Crippen molar-refractivity contribution in [1.82, 2.24) is 4.98 Å². The summed E-state index contributed by atoms with van der Waals surface area (Å²) in [7, 11) is 1.63. The molecule has 0 aliphatic heterocycles. The number of aromatic nitrogens is 1. The van der Waals surface area contributed by atoms with Gasteiger partial charge in [-0.05, 0) is 28.7 Å². The van der Waals surface area contributed by atoms with Crippen molar-refractivity contribution in [3.05, 3.63) is 59.4 Å². The van der Waals surface area contributed by atoms with Gasteiger partial charge in [0.2, 0.25) is 0 Å². The van der Waals surface area contributed by atoms with Crippen LogP contribution in [-0.2, 0) is 5.41 Å². The van der Waals surface area contributed by atoms with E-state index < -0.39 is 0 Å². The number of pyridine rings is 1. The predicted octanol–water partition coefficient (Wildman–Crippen LogP) is 3.44. The minimum absolute atomic E-state index is 0.144. The Morgan fingerprint density at radius 1 is 1.10 bits per heavy atom. The summed E-state index contributed by atoms with van der Waals surface area (Å²) in [5.41, 5.74) is 9.55. The molecule has 1 heterocycles. The van der Waals surface area contributed by atoms with E-state index in [1.54, 1.807) is 13.3 Å². The van der Waals surface area contributed by atoms with Gasteiger partial charge >= 0.3 is 0 Å². The van der Waals surface area contributed by atoms with E-state index in [0.717, 1.165) is 17.0 Å². The third-order valence-electron chi connectivity index (χ3n) is 3.45. The van der Waals surface area contributed by atoms with Crippen LogP contribution in [0.4, 0.5) is 0 Å². The van der Waals surface area contributed by atoms with Crippen LogP contribution >= 0.6 is 0 Å². The summed E-state index contributed by atoms with van der Waals surface area (Å²) < 4.78 is 5.32. The largest absolute Gasteiger partial charge is 0.495 e. The third kappa shape index (κ3) is 2.99. The van der Waals surface area contributed by atoms with Crippen molar-refractivity contribution < 1.29 is 4.74 Å². The van der Waals surface area contributed by atoms with E-state index >= 15 is 0 Å². The van der Waals surface area contributed by atoms with Gasteiger partial charge in [0.15, 0.2) is 0 Å². The van der Waals surface area contributed by atoms with E-state index in [2.05, 4.69) is 50.0 Å². The number of ether oxygens (including phenoxy) is 1. The molecule has 0 amide bonds. The molecule has 3 heteroatoms. The summed E-state index contributed by atoms with van der Waals surface area (Å²) in [4.78, 5) is 4.35. The van der Waals surface area contributed by atoms with Gasteiger partial charge in [0, 0.05) is 6.20 Å². The van der Waals surface area contributed by atoms with Gasteiger partial charge in [0.25, 0.3) is 0 Å². The highest BCUT2D eigenvalue weighted by Crippen LogP contribution is 2.28. The topological polar surface area (TPSA) is 48.1 Å². The zero-order valence-electron chi connectivity index (χ0n) is 12.6. The molecular weight excluding hydrogens is 248 g/mol. The molecule has 1 aromatic heterocycles. The fourth-order valence-electron chi connectivity index (χ4n) is 2.16. The maximum absolute atomic E-state index is 6.31. The van der Waals surface area contributed by atoms with Crippen LogP contribution in [0.1, 0.15) is 43.6 Å². The minimum Gasteiger partial charge on any atom is -0.495 e. The van der Waals surface area contributed by atoms with Crippen molar-refractivity contribution in [2.75, 3.05) is 7.11 Å². The zero-order valence-corrected chi connectivity index (χ0v) is 12.6. The smallest absolute Gasteiger partial charge is 0.142 e. The number of hydrogen-bond donors (Lipinski definition) is 1. The van der Waals surface area contributed by atoms with E-state index in [4.69, 9.17) is 10.5 Å². The number of nitrogens with zero attached hydrogens (tertiary/aromatic N) is 1. The fraction of sp³-hybridized carbons (Fsp3) is 0.353. The van der Waals surface area contributed by atoms with Crippen LogP contribution in [-0.4, -0.2) is 12.1 Å². The molecule has 0 saturated heterocycles. The molecule has 0 bridgehead atoms. The van der Waals surface area contributed by atoms with Gasteiger partial charge in [-0.2, -0.15) is 0 Å². The van der Waals surface area contributed by atoms with E-state index in [9.17, 15) is 0 Å². The lowest BCUT2D eigenvalue weighted by molar-refractivity contribution is 0.404. The number of rotatable bonds is 3. The Morgan fingerprint density at radius 2 is 1.75 bits per heavy atom. The third-order valence-corrected chi connectivity index (χ3v) is 3.45. The molecule has 0 spiro atoms. The lowest BCUT2D eigenvalue weighted by Crippen LogP contribution is -2.16. The molecule has 2 aromatic rings. The first-order chi connectivity index (χ1) is 9.43. The Bertz CT molecular complexity index is 570. The van der Waals surface area contributed by atoms with Crippen molar-refractivity contribution >= 4 is 0 Å². The SMILES string of the molecule is COc1cccnc1C(N)c1ccc(C(C)(C)C)cc1. The maximum atomic E-state index is 6.31. The average Bonchev–Trinajstić information content (AvgIpc) is 2.45. The summed E-state index contributed by atoms with van der Waals surface area (Å²) in [6.07, 6.45) is 1.74. The Kier molecular flexibility index (Phi) is 4.09. The second kappa shape index (κ2) is 5.63. The molecule has 1 aromatic carbocycles. The molecule has 0 radical (unpaired) electrons. The number of hydrogen-bond acceptors (Lipinski definition) is 3. The standard InChI is InChI=1S/C17H22N2O/c1-17(2,3)13-9-7-12(8-10-13)15(18)16-14(20-4)6-5-11-19-16/h5-11,15H,18H2,1-4H3. The van der Waals surface area contributed by atoms with Gasteiger partial charge in [-0.15, -0.1) is 0 Å². The van der Waals surface area contributed by atoms with Gasteiger partial charge < -0.3 is 10.5 Å². The highest BCUT2D eigenvalue weighted by Gasteiger charge is 2.17. The molecule has 1 unspecified atom stereocenters. The molecule has 106 valence electrons. The summed E-state index contributed by atoms with van der Waals surface area (Å²) in [5, 5.41) is 0. The first kappa shape index (κ1) is 14.5. The van der Waals surface area contributed by atoms with Crippen molar-refractivity contribution in [1.29, 1.82) is 0 Å². The quantitative estimate of drug-likeness (QED) is 0.929. The second-order valence-electron chi connectivity index (χ2n) is 5.94. The first-order valence-corrected chi connectivity index (χ1v) is 6.78. The maximum Gasteiger partial charge on any atom is 0.142 e. The van der Waals surface area contributed by atoms with Crippen molar-refractivity contribution in [2.45, 2.75) is 32.2 Å². The van der Waals surface area contributed by atoms with E-state index in [-0.39, 0.29) is 11.5 Å². The Balaban J connectivity index is 2.32. The minimum atomic E-state index is -0.278. The molecular formula is C17H22N2O. The number of methoxy groups -OCH3 is 1. The Labute approximate surface area is 120 Å². The van der Waals surface area contributed by atoms with Gasteiger partial charge in [0.1, 0.15) is 11.4 Å². The van der Waals surface area contributed by atoms with Crippen molar-refractivity contribution in [2.24, 2.45) is 5.73 Å². The zero-order chi connectivity index (χ0) is 14.8. The van der Waals surface area contributed by atoms with E-state index in [0.29, 0.717) is 0 Å². The summed E-state index contributed by atoms with van der Waals surface area (Å²) in [6, 6.07) is 11.8. The lowest BCUT2D eigenvalue weighted by atomic mass is 9.86. The summed E-state index contributed by atoms with van der Waals surface area (Å²) in [5.74, 6) is 0.722. The highest BCUT2D eigenvalue weighted by atomic mass is 16.5. The van der Waals surface area contributed by atoms with Crippen LogP contribution in [0.15, 0.2) is 42.6 Å². The van der Waals surface area contributed by atoms with Gasteiger partial charge in [-0.3, -0.25) is 4.98 Å². The lowest BCUT2D eigenvalue weighted by Gasteiger charge is -2.20. The molecule has 2 N–H and O–H groups in total. The average molecular weight is 270 g/mol. The molecule has 0 aliphatic rings. The Morgan fingerprint density at radius 3 is 2.30 bits per heavy atom. The van der Waals surface area contributed by atoms with Crippen molar-refractivity contribution in [3.8, 4) is 5.75 Å². The highest BCUT2D eigenvalue weighted by molar-refractivity contribution is 5.38. The molecule has 0 fully saturated rings. The molecule has 2 rings (SSSR count). The van der Waals surface area contributed by atoms with Crippen LogP contribution in [0.25, 0.3) is 0 Å². The normalized spacial score (nSPS) is 13.1. The van der Waals surface area contributed by atoms with E-state index in [1.165, 1.54) is 5.56 Å². The monoisotopic (exact) mass is 270 g/mol. The number of nitrogens with two attached hydrogens (primary N) is 1. The van der Waals surface area contributed by atoms with Crippen LogP contribution in [0.5, 0.6) is 5.75 Å². The van der Waals surface area contributed by atoms with Crippen LogP contribution in [0, 0.1) is 0 Å². The predicted molar refractivity (Wildman–Crippen MR) is 82.0 cm³/mol. The summed E-state index contributed by atoms with van der Waals surface area (Å²) in [6.45, 7) is 6.59. The van der Waals surface area contributed by atoms with Crippen LogP contribution in [0.2, 0.25) is 0 Å². The fourth-order valence-corrected chi connectivity index (χ4v) is 2.16. The van der Waals surface area contributed by atoms with Crippen molar-refractivity contribution in [3.63, 3.8) is 0 Å². The molecule has 0 saturated carbocycles. The van der Waals surface area contributed by atoms with E-state index in [1.807, 2.05) is 12.1 Å². The number of benzene rings is 1. The van der Waals surface area contributed by atoms with Crippen LogP contribution in [0.3, 0.4) is 0 Å². The molecule has 20 heavy (non-hydrogen) atoms. The molecule has 0 aliphatic carbocycles. The van der Waals surface area contributed by atoms with Crippen LogP contribution < -0.4 is 10.5 Å². The summed E-state index contributed by atoms with van der Waals surface area (Å²) >= 11 is 0. The first-order valence-electron chi connectivity index (χ1n) is 6.78. The van der Waals surface area contributed by atoms with Gasteiger partial charge in [0.05, 0.1) is 13.2 Å². The Hall–Kier alpha value is -1.87. The molecule has 1 atom stereocenters. The van der Waals surface area contributed by atoms with Gasteiger partial charge in [-0.25, -0.2) is 0 Å².